The Morgan fingerprint density at radius 1 is 0.659 bits per heavy atom. The summed E-state index contributed by atoms with van der Waals surface area (Å²) >= 11 is 0. The molecule has 0 fully saturated rings. The van der Waals surface area contributed by atoms with Crippen LogP contribution >= 0.6 is 0 Å². The number of ether oxygens (including phenoxy) is 1. The van der Waals surface area contributed by atoms with Crippen molar-refractivity contribution in [1.29, 1.82) is 0 Å². The molecule has 2 amide bonds. The summed E-state index contributed by atoms with van der Waals surface area (Å²) in [6.45, 7) is 0.339. The number of carbonyl (C=O) groups is 3. The maximum atomic E-state index is 13.7. The third kappa shape index (κ3) is 6.40. The molecule has 1 N–H and O–H groups in total. The van der Waals surface area contributed by atoms with Gasteiger partial charge < -0.3 is 15.0 Å². The first-order valence-electron chi connectivity index (χ1n) is 13.1. The van der Waals surface area contributed by atoms with E-state index in [4.69, 9.17) is 4.74 Å². The second-order valence-corrected chi connectivity index (χ2v) is 9.36. The van der Waals surface area contributed by atoms with Crippen LogP contribution in [-0.4, -0.2) is 24.9 Å². The molecular weight excluding hydrogens is 512 g/mol. The van der Waals surface area contributed by atoms with E-state index in [1.54, 1.807) is 59.5 Å². The summed E-state index contributed by atoms with van der Waals surface area (Å²) in [6, 6.07) is 40.4. The molecule has 6 heteroatoms. The first kappa shape index (κ1) is 27.1. The van der Waals surface area contributed by atoms with Gasteiger partial charge in [-0.2, -0.15) is 0 Å². The fraction of sp³-hybridized carbons (Fsp3) is 0.0571. The Bertz CT molecular complexity index is 1650. The lowest BCUT2D eigenvalue weighted by Crippen LogP contribution is -2.30. The minimum atomic E-state index is -0.443. The number of methoxy groups -OCH3 is 1. The highest BCUT2D eigenvalue weighted by molar-refractivity contribution is 6.09. The topological polar surface area (TPSA) is 75.7 Å². The van der Waals surface area contributed by atoms with Crippen molar-refractivity contribution in [2.24, 2.45) is 0 Å². The van der Waals surface area contributed by atoms with Gasteiger partial charge in [-0.1, -0.05) is 78.9 Å². The minimum Gasteiger partial charge on any atom is -0.465 e. The zero-order chi connectivity index (χ0) is 28.6. The summed E-state index contributed by atoms with van der Waals surface area (Å²) in [4.78, 5) is 40.5. The number of carbonyl (C=O) groups excluding carboxylic acids is 3. The van der Waals surface area contributed by atoms with E-state index in [0.29, 0.717) is 34.6 Å². The van der Waals surface area contributed by atoms with Crippen LogP contribution in [0.2, 0.25) is 0 Å². The van der Waals surface area contributed by atoms with Crippen LogP contribution < -0.4 is 10.2 Å². The molecule has 0 aliphatic rings. The molecule has 41 heavy (non-hydrogen) atoms. The number of hydrogen-bond acceptors (Lipinski definition) is 4. The molecule has 0 aliphatic heterocycles. The van der Waals surface area contributed by atoms with Crippen molar-refractivity contribution in [3.63, 3.8) is 0 Å². The van der Waals surface area contributed by atoms with Crippen molar-refractivity contribution < 1.29 is 19.1 Å². The van der Waals surface area contributed by atoms with E-state index in [1.807, 2.05) is 78.9 Å². The van der Waals surface area contributed by atoms with Crippen molar-refractivity contribution in [2.75, 3.05) is 17.3 Å². The highest BCUT2D eigenvalue weighted by Crippen LogP contribution is 2.25. The second-order valence-electron chi connectivity index (χ2n) is 9.36. The average molecular weight is 541 g/mol. The number of esters is 1. The number of anilines is 2. The highest BCUT2D eigenvalue weighted by Gasteiger charge is 2.20. The Balaban J connectivity index is 1.37. The van der Waals surface area contributed by atoms with Gasteiger partial charge in [0.1, 0.15) is 0 Å². The van der Waals surface area contributed by atoms with Crippen LogP contribution in [-0.2, 0) is 11.3 Å². The van der Waals surface area contributed by atoms with Crippen LogP contribution in [0.15, 0.2) is 133 Å². The maximum absolute atomic E-state index is 13.7. The molecule has 6 nitrogen and oxygen atoms in total. The largest absolute Gasteiger partial charge is 0.465 e. The molecule has 0 aliphatic carbocycles. The fourth-order valence-corrected chi connectivity index (χ4v) is 4.54. The van der Waals surface area contributed by atoms with Crippen molar-refractivity contribution in [1.82, 2.24) is 0 Å². The lowest BCUT2D eigenvalue weighted by atomic mass is 9.99. The predicted molar refractivity (Wildman–Crippen MR) is 161 cm³/mol. The average Bonchev–Trinajstić information content (AvgIpc) is 3.04. The molecular formula is C35H28N2O4. The third-order valence-electron chi connectivity index (χ3n) is 6.67. The van der Waals surface area contributed by atoms with Crippen LogP contribution in [0.5, 0.6) is 0 Å². The molecule has 0 saturated carbocycles. The van der Waals surface area contributed by atoms with Gasteiger partial charge in [0.25, 0.3) is 11.8 Å². The van der Waals surface area contributed by atoms with Crippen molar-refractivity contribution in [2.45, 2.75) is 6.54 Å². The molecule has 5 aromatic rings. The van der Waals surface area contributed by atoms with Crippen LogP contribution in [0.25, 0.3) is 11.1 Å². The Morgan fingerprint density at radius 2 is 1.24 bits per heavy atom. The number of nitrogens with zero attached hydrogens (tertiary/aromatic N) is 1. The van der Waals surface area contributed by atoms with Crippen molar-refractivity contribution >= 4 is 29.2 Å². The van der Waals surface area contributed by atoms with E-state index in [1.165, 1.54) is 7.11 Å². The standard InChI is InChI=1S/C35H28N2O4/c1-41-35(40)28-18-22-30(23-19-28)37(24-25-10-4-2-5-11-25)34(39)27-16-20-29(21-17-27)36-33(38)32-15-9-8-14-31(32)26-12-6-3-7-13-26/h2-23H,24H2,1H3,(H,36,38). The number of hydrogen-bond donors (Lipinski definition) is 1. The molecule has 0 saturated heterocycles. The normalized spacial score (nSPS) is 10.5. The molecule has 5 rings (SSSR count). The number of nitrogens with one attached hydrogen (secondary N) is 1. The van der Waals surface area contributed by atoms with Gasteiger partial charge in [0, 0.05) is 22.5 Å². The number of amides is 2. The number of benzene rings is 5. The highest BCUT2D eigenvalue weighted by atomic mass is 16.5. The summed E-state index contributed by atoms with van der Waals surface area (Å²) in [5, 5.41) is 2.95. The van der Waals surface area contributed by atoms with Crippen LogP contribution in [0.4, 0.5) is 11.4 Å². The molecule has 0 atom stereocenters. The molecule has 202 valence electrons. The molecule has 0 aromatic heterocycles. The molecule has 0 radical (unpaired) electrons. The van der Waals surface area contributed by atoms with Gasteiger partial charge in [-0.25, -0.2) is 4.79 Å². The lowest BCUT2D eigenvalue weighted by Gasteiger charge is -2.23. The van der Waals surface area contributed by atoms with Gasteiger partial charge in [0.15, 0.2) is 0 Å². The summed E-state index contributed by atoms with van der Waals surface area (Å²) in [5.74, 6) is -0.895. The van der Waals surface area contributed by atoms with Crippen molar-refractivity contribution in [3.05, 3.63) is 156 Å². The Morgan fingerprint density at radius 3 is 1.90 bits per heavy atom. The molecule has 0 spiro atoms. The summed E-state index contributed by atoms with van der Waals surface area (Å²) in [7, 11) is 1.33. The van der Waals surface area contributed by atoms with E-state index < -0.39 is 5.97 Å². The predicted octanol–water partition coefficient (Wildman–Crippen LogP) is 7.24. The summed E-state index contributed by atoms with van der Waals surface area (Å²) in [5.41, 5.74) is 5.39. The third-order valence-corrected chi connectivity index (χ3v) is 6.67. The Labute approximate surface area is 238 Å². The second kappa shape index (κ2) is 12.6. The first-order valence-corrected chi connectivity index (χ1v) is 13.1. The monoisotopic (exact) mass is 540 g/mol. The Kier molecular flexibility index (Phi) is 8.31. The quantitative estimate of drug-likeness (QED) is 0.211. The van der Waals surface area contributed by atoms with Crippen molar-refractivity contribution in [3.8, 4) is 11.1 Å². The van der Waals surface area contributed by atoms with Gasteiger partial charge in [0.2, 0.25) is 0 Å². The zero-order valence-electron chi connectivity index (χ0n) is 22.5. The van der Waals surface area contributed by atoms with E-state index in [0.717, 1.165) is 16.7 Å². The molecule has 0 heterocycles. The Hall–Kier alpha value is -5.49. The molecule has 5 aromatic carbocycles. The van der Waals surface area contributed by atoms with E-state index >= 15 is 0 Å². The van der Waals surface area contributed by atoms with Gasteiger partial charge in [-0.15, -0.1) is 0 Å². The fourth-order valence-electron chi connectivity index (χ4n) is 4.54. The molecule has 0 unspecified atom stereocenters. The summed E-state index contributed by atoms with van der Waals surface area (Å²) < 4.78 is 4.80. The van der Waals surface area contributed by atoms with E-state index in [9.17, 15) is 14.4 Å². The van der Waals surface area contributed by atoms with Crippen LogP contribution in [0.3, 0.4) is 0 Å². The van der Waals surface area contributed by atoms with Gasteiger partial charge in [-0.3, -0.25) is 9.59 Å². The SMILES string of the molecule is COC(=O)c1ccc(N(Cc2ccccc2)C(=O)c2ccc(NC(=O)c3ccccc3-c3ccccc3)cc2)cc1. The zero-order valence-corrected chi connectivity index (χ0v) is 22.5. The molecule has 0 bridgehead atoms. The maximum Gasteiger partial charge on any atom is 0.337 e. The van der Waals surface area contributed by atoms with Crippen LogP contribution in [0, 0.1) is 0 Å². The smallest absolute Gasteiger partial charge is 0.337 e. The lowest BCUT2D eigenvalue weighted by molar-refractivity contribution is 0.0600. The first-order chi connectivity index (χ1) is 20.0. The van der Waals surface area contributed by atoms with Gasteiger partial charge >= 0.3 is 5.97 Å². The van der Waals surface area contributed by atoms with Gasteiger partial charge in [-0.05, 0) is 71.3 Å². The van der Waals surface area contributed by atoms with Gasteiger partial charge in [0.05, 0.1) is 19.2 Å². The van der Waals surface area contributed by atoms with E-state index in [2.05, 4.69) is 5.32 Å². The minimum absolute atomic E-state index is 0.216. The number of rotatable bonds is 8. The van der Waals surface area contributed by atoms with Crippen LogP contribution in [0.1, 0.15) is 36.6 Å². The summed E-state index contributed by atoms with van der Waals surface area (Å²) in [6.07, 6.45) is 0. The van der Waals surface area contributed by atoms with E-state index in [-0.39, 0.29) is 11.8 Å².